The molecule has 0 spiro atoms. The van der Waals surface area contributed by atoms with Crippen molar-refractivity contribution in [1.29, 1.82) is 0 Å². The molecule has 1 atom stereocenters. The third-order valence-corrected chi connectivity index (χ3v) is 4.49. The molecular formula is C16H33NO. The van der Waals surface area contributed by atoms with Gasteiger partial charge in [-0.05, 0) is 49.6 Å². The summed E-state index contributed by atoms with van der Waals surface area (Å²) in [5.74, 6) is 1.68. The Morgan fingerprint density at radius 1 is 1.17 bits per heavy atom. The van der Waals surface area contributed by atoms with E-state index < -0.39 is 0 Å². The van der Waals surface area contributed by atoms with E-state index in [0.29, 0.717) is 5.41 Å². The van der Waals surface area contributed by atoms with E-state index in [1.165, 1.54) is 38.6 Å². The molecule has 1 rings (SSSR count). The molecule has 0 saturated carbocycles. The zero-order valence-electron chi connectivity index (χ0n) is 12.9. The average Bonchev–Trinajstić information content (AvgIpc) is 2.33. The van der Waals surface area contributed by atoms with Crippen molar-refractivity contribution < 1.29 is 4.74 Å². The minimum Gasteiger partial charge on any atom is -0.381 e. The van der Waals surface area contributed by atoms with Crippen LogP contribution in [0.2, 0.25) is 0 Å². The first-order chi connectivity index (χ1) is 8.50. The summed E-state index contributed by atoms with van der Waals surface area (Å²) in [5.41, 5.74) is 0.426. The van der Waals surface area contributed by atoms with Gasteiger partial charge in [0.25, 0.3) is 0 Å². The fourth-order valence-electron chi connectivity index (χ4n) is 2.34. The molecule has 1 saturated heterocycles. The van der Waals surface area contributed by atoms with Gasteiger partial charge < -0.3 is 10.1 Å². The summed E-state index contributed by atoms with van der Waals surface area (Å²) in [4.78, 5) is 0. The number of hydrogen-bond acceptors (Lipinski definition) is 2. The van der Waals surface area contributed by atoms with Gasteiger partial charge in [-0.25, -0.2) is 0 Å². The Balaban J connectivity index is 1.92. The highest BCUT2D eigenvalue weighted by atomic mass is 16.5. The molecule has 0 radical (unpaired) electrons. The van der Waals surface area contributed by atoms with E-state index in [2.05, 4.69) is 33.0 Å². The third kappa shape index (κ3) is 6.75. The molecule has 1 aliphatic heterocycles. The molecule has 1 aliphatic rings. The topological polar surface area (TPSA) is 21.3 Å². The van der Waals surface area contributed by atoms with E-state index in [0.717, 1.165) is 31.6 Å². The monoisotopic (exact) mass is 255 g/mol. The van der Waals surface area contributed by atoms with E-state index in [1.807, 2.05) is 0 Å². The van der Waals surface area contributed by atoms with Crippen molar-refractivity contribution >= 4 is 0 Å². The lowest BCUT2D eigenvalue weighted by Crippen LogP contribution is -2.30. The van der Waals surface area contributed by atoms with Gasteiger partial charge in [-0.3, -0.25) is 0 Å². The van der Waals surface area contributed by atoms with Crippen LogP contribution in [0.5, 0.6) is 0 Å². The van der Waals surface area contributed by atoms with Crippen LogP contribution in [0.4, 0.5) is 0 Å². The highest BCUT2D eigenvalue weighted by Gasteiger charge is 2.19. The van der Waals surface area contributed by atoms with Crippen molar-refractivity contribution in [3.63, 3.8) is 0 Å². The molecule has 18 heavy (non-hydrogen) atoms. The lowest BCUT2D eigenvalue weighted by molar-refractivity contribution is 0.0631. The molecule has 1 fully saturated rings. The van der Waals surface area contributed by atoms with Gasteiger partial charge in [-0.15, -0.1) is 0 Å². The van der Waals surface area contributed by atoms with Gasteiger partial charge in [0, 0.05) is 13.2 Å². The van der Waals surface area contributed by atoms with Gasteiger partial charge in [0.15, 0.2) is 0 Å². The summed E-state index contributed by atoms with van der Waals surface area (Å²) in [6.07, 6.45) is 6.68. The Hall–Kier alpha value is -0.0800. The standard InChI is InChI=1S/C16H33NO/c1-14(16(2,3)4)13-17-10-6-5-7-15-8-11-18-12-9-15/h14-15,17H,5-13H2,1-4H3. The highest BCUT2D eigenvalue weighted by molar-refractivity contribution is 4.72. The Bertz CT molecular complexity index is 204. The molecule has 0 aliphatic carbocycles. The molecule has 1 unspecified atom stereocenters. The van der Waals surface area contributed by atoms with Gasteiger partial charge in [-0.1, -0.05) is 40.5 Å². The maximum Gasteiger partial charge on any atom is 0.0468 e. The quantitative estimate of drug-likeness (QED) is 0.698. The number of hydrogen-bond donors (Lipinski definition) is 1. The molecule has 2 nitrogen and oxygen atoms in total. The van der Waals surface area contributed by atoms with Gasteiger partial charge in [0.05, 0.1) is 0 Å². The maximum absolute atomic E-state index is 5.39. The Kier molecular flexibility index (Phi) is 7.25. The molecular weight excluding hydrogens is 222 g/mol. The predicted octanol–water partition coefficient (Wildman–Crippen LogP) is 3.86. The van der Waals surface area contributed by atoms with Gasteiger partial charge in [0.2, 0.25) is 0 Å². The van der Waals surface area contributed by atoms with Crippen molar-refractivity contribution in [3.8, 4) is 0 Å². The van der Waals surface area contributed by atoms with Gasteiger partial charge >= 0.3 is 0 Å². The van der Waals surface area contributed by atoms with Gasteiger partial charge in [0.1, 0.15) is 0 Å². The highest BCUT2D eigenvalue weighted by Crippen LogP contribution is 2.24. The molecule has 108 valence electrons. The van der Waals surface area contributed by atoms with Crippen LogP contribution < -0.4 is 5.32 Å². The van der Waals surface area contributed by atoms with Crippen LogP contribution in [0.1, 0.15) is 59.8 Å². The maximum atomic E-state index is 5.39. The first-order valence-electron chi connectivity index (χ1n) is 7.78. The minimum atomic E-state index is 0.426. The molecule has 0 bridgehead atoms. The summed E-state index contributed by atoms with van der Waals surface area (Å²) in [7, 11) is 0. The molecule has 0 aromatic heterocycles. The number of nitrogens with one attached hydrogen (secondary N) is 1. The van der Waals surface area contributed by atoms with Crippen LogP contribution in [-0.4, -0.2) is 26.3 Å². The first kappa shape index (κ1) is 16.0. The summed E-state index contributed by atoms with van der Waals surface area (Å²) in [6.45, 7) is 13.6. The Labute approximate surface area is 114 Å². The van der Waals surface area contributed by atoms with Crippen LogP contribution in [0.25, 0.3) is 0 Å². The fraction of sp³-hybridized carbons (Fsp3) is 1.00. The Morgan fingerprint density at radius 3 is 2.44 bits per heavy atom. The van der Waals surface area contributed by atoms with E-state index in [1.54, 1.807) is 0 Å². The average molecular weight is 255 g/mol. The third-order valence-electron chi connectivity index (χ3n) is 4.49. The molecule has 0 aromatic rings. The normalized spacial score (nSPS) is 20.0. The summed E-state index contributed by atoms with van der Waals surface area (Å²) >= 11 is 0. The second kappa shape index (κ2) is 8.16. The lowest BCUT2D eigenvalue weighted by atomic mass is 9.82. The van der Waals surface area contributed by atoms with Crippen molar-refractivity contribution in [1.82, 2.24) is 5.32 Å². The smallest absolute Gasteiger partial charge is 0.0468 e. The summed E-state index contributed by atoms with van der Waals surface area (Å²) in [5, 5.41) is 3.60. The van der Waals surface area contributed by atoms with E-state index in [4.69, 9.17) is 4.74 Å². The van der Waals surface area contributed by atoms with Gasteiger partial charge in [-0.2, -0.15) is 0 Å². The zero-order chi connectivity index (χ0) is 13.4. The molecule has 1 heterocycles. The summed E-state index contributed by atoms with van der Waals surface area (Å²) < 4.78 is 5.39. The lowest BCUT2D eigenvalue weighted by Gasteiger charge is -2.27. The second-order valence-corrected chi connectivity index (χ2v) is 7.02. The molecule has 2 heteroatoms. The van der Waals surface area contributed by atoms with Crippen LogP contribution >= 0.6 is 0 Å². The number of rotatable bonds is 7. The first-order valence-corrected chi connectivity index (χ1v) is 7.78. The molecule has 0 aromatic carbocycles. The number of ether oxygens (including phenoxy) is 1. The van der Waals surface area contributed by atoms with Crippen LogP contribution in [0.3, 0.4) is 0 Å². The number of unbranched alkanes of at least 4 members (excludes halogenated alkanes) is 1. The van der Waals surface area contributed by atoms with Crippen LogP contribution in [-0.2, 0) is 4.74 Å². The van der Waals surface area contributed by atoms with Crippen molar-refractivity contribution in [3.05, 3.63) is 0 Å². The largest absolute Gasteiger partial charge is 0.381 e. The zero-order valence-corrected chi connectivity index (χ0v) is 12.9. The minimum absolute atomic E-state index is 0.426. The van der Waals surface area contributed by atoms with E-state index in [9.17, 15) is 0 Å². The van der Waals surface area contributed by atoms with Crippen molar-refractivity contribution in [2.24, 2.45) is 17.3 Å². The van der Waals surface area contributed by atoms with Crippen LogP contribution in [0, 0.1) is 17.3 Å². The SMILES string of the molecule is CC(CNCCCCC1CCOCC1)C(C)(C)C. The predicted molar refractivity (Wildman–Crippen MR) is 78.9 cm³/mol. The summed E-state index contributed by atoms with van der Waals surface area (Å²) in [6, 6.07) is 0. The van der Waals surface area contributed by atoms with Crippen molar-refractivity contribution in [2.45, 2.75) is 59.8 Å². The Morgan fingerprint density at radius 2 is 1.83 bits per heavy atom. The fourth-order valence-corrected chi connectivity index (χ4v) is 2.34. The van der Waals surface area contributed by atoms with Crippen LogP contribution in [0.15, 0.2) is 0 Å². The molecule has 1 N–H and O–H groups in total. The van der Waals surface area contributed by atoms with Crippen molar-refractivity contribution in [2.75, 3.05) is 26.3 Å². The van der Waals surface area contributed by atoms with E-state index in [-0.39, 0.29) is 0 Å². The second-order valence-electron chi connectivity index (χ2n) is 7.02. The van der Waals surface area contributed by atoms with E-state index >= 15 is 0 Å². The molecule has 0 amide bonds.